The summed E-state index contributed by atoms with van der Waals surface area (Å²) in [6, 6.07) is 0. The van der Waals surface area contributed by atoms with Crippen LogP contribution in [0.4, 0.5) is 0 Å². The number of thioether (sulfide) groups is 1. The predicted octanol–water partition coefficient (Wildman–Crippen LogP) is 1.68. The predicted molar refractivity (Wildman–Crippen MR) is 86.7 cm³/mol. The van der Waals surface area contributed by atoms with Crippen molar-refractivity contribution in [3.8, 4) is 0 Å². The fourth-order valence-corrected chi connectivity index (χ4v) is 4.12. The number of piperidine rings is 1. The summed E-state index contributed by atoms with van der Waals surface area (Å²) >= 11 is 1.96. The van der Waals surface area contributed by atoms with Crippen molar-refractivity contribution < 1.29 is 9.53 Å². The van der Waals surface area contributed by atoms with E-state index in [1.807, 2.05) is 11.8 Å². The Balaban J connectivity index is 0.00000200. The van der Waals surface area contributed by atoms with E-state index < -0.39 is 0 Å². The fraction of sp³-hybridized carbons (Fsp3) is 0.929. The van der Waals surface area contributed by atoms with E-state index in [1.165, 1.54) is 0 Å². The van der Waals surface area contributed by atoms with Gasteiger partial charge in [0.2, 0.25) is 5.91 Å². The summed E-state index contributed by atoms with van der Waals surface area (Å²) in [6.07, 6.45) is 4.24. The van der Waals surface area contributed by atoms with Crippen LogP contribution in [0.5, 0.6) is 0 Å². The van der Waals surface area contributed by atoms with E-state index in [4.69, 9.17) is 4.74 Å². The molecule has 0 unspecified atom stereocenters. The number of hydrogen-bond acceptors (Lipinski definition) is 4. The molecule has 0 aromatic carbocycles. The van der Waals surface area contributed by atoms with Crippen molar-refractivity contribution in [1.82, 2.24) is 10.6 Å². The quantitative estimate of drug-likeness (QED) is 0.808. The average Bonchev–Trinajstić information content (AvgIpc) is 2.47. The van der Waals surface area contributed by atoms with E-state index in [-0.39, 0.29) is 29.6 Å². The van der Waals surface area contributed by atoms with Gasteiger partial charge >= 0.3 is 0 Å². The lowest BCUT2D eigenvalue weighted by atomic mass is 9.79. The number of nitrogens with one attached hydrogen (secondary N) is 2. The molecule has 0 radical (unpaired) electrons. The maximum absolute atomic E-state index is 12.2. The Kier molecular flexibility index (Phi) is 8.25. The third-order valence-corrected chi connectivity index (χ3v) is 5.39. The van der Waals surface area contributed by atoms with Crippen LogP contribution in [0.1, 0.15) is 25.7 Å². The van der Waals surface area contributed by atoms with Gasteiger partial charge in [-0.15, -0.1) is 12.4 Å². The Hall–Kier alpha value is 0.0300. The van der Waals surface area contributed by atoms with E-state index in [2.05, 4.69) is 10.6 Å². The van der Waals surface area contributed by atoms with Gasteiger partial charge in [0.1, 0.15) is 0 Å². The first kappa shape index (κ1) is 18.1. The SMILES string of the molecule is COCC1(CNC(=O)C2CCSCC2)CCNCC1.Cl. The Morgan fingerprint density at radius 3 is 2.60 bits per heavy atom. The zero-order chi connectivity index (χ0) is 13.6. The van der Waals surface area contributed by atoms with Crippen LogP contribution in [0, 0.1) is 11.3 Å². The van der Waals surface area contributed by atoms with E-state index in [9.17, 15) is 4.79 Å². The van der Waals surface area contributed by atoms with Crippen molar-refractivity contribution in [3.05, 3.63) is 0 Å². The summed E-state index contributed by atoms with van der Waals surface area (Å²) in [5.74, 6) is 2.76. The molecule has 2 heterocycles. The average molecular weight is 323 g/mol. The molecule has 2 aliphatic rings. The molecule has 0 aromatic rings. The maximum atomic E-state index is 12.2. The molecule has 2 fully saturated rings. The summed E-state index contributed by atoms with van der Waals surface area (Å²) in [5, 5.41) is 6.57. The molecule has 6 heteroatoms. The first-order chi connectivity index (χ1) is 9.26. The van der Waals surface area contributed by atoms with Gasteiger partial charge in [-0.1, -0.05) is 0 Å². The van der Waals surface area contributed by atoms with Gasteiger partial charge in [-0.25, -0.2) is 0 Å². The van der Waals surface area contributed by atoms with Crippen LogP contribution in [0.15, 0.2) is 0 Å². The van der Waals surface area contributed by atoms with Crippen LogP contribution >= 0.6 is 24.2 Å². The van der Waals surface area contributed by atoms with Gasteiger partial charge < -0.3 is 15.4 Å². The molecule has 0 bridgehead atoms. The lowest BCUT2D eigenvalue weighted by Gasteiger charge is -2.37. The molecule has 2 aliphatic heterocycles. The normalized spacial score (nSPS) is 22.9. The molecule has 0 aliphatic carbocycles. The third-order valence-electron chi connectivity index (χ3n) is 4.34. The zero-order valence-corrected chi connectivity index (χ0v) is 13.9. The Bertz CT molecular complexity index is 287. The highest BCUT2D eigenvalue weighted by Gasteiger charge is 2.33. The Labute approximate surface area is 132 Å². The topological polar surface area (TPSA) is 50.4 Å². The highest BCUT2D eigenvalue weighted by Crippen LogP contribution is 2.29. The molecule has 0 spiro atoms. The summed E-state index contributed by atoms with van der Waals surface area (Å²) in [6.45, 7) is 3.57. The Morgan fingerprint density at radius 1 is 1.35 bits per heavy atom. The minimum atomic E-state index is 0. The van der Waals surface area contributed by atoms with E-state index in [1.54, 1.807) is 7.11 Å². The zero-order valence-electron chi connectivity index (χ0n) is 12.3. The van der Waals surface area contributed by atoms with Crippen LogP contribution < -0.4 is 10.6 Å². The monoisotopic (exact) mass is 322 g/mol. The van der Waals surface area contributed by atoms with Crippen molar-refractivity contribution in [2.24, 2.45) is 11.3 Å². The van der Waals surface area contributed by atoms with Gasteiger partial charge in [0.15, 0.2) is 0 Å². The number of hydrogen-bond donors (Lipinski definition) is 2. The minimum Gasteiger partial charge on any atom is -0.384 e. The smallest absolute Gasteiger partial charge is 0.223 e. The number of carbonyl (C=O) groups excluding carboxylic acids is 1. The lowest BCUT2D eigenvalue weighted by molar-refractivity contribution is -0.126. The van der Waals surface area contributed by atoms with E-state index >= 15 is 0 Å². The molecule has 0 aromatic heterocycles. The van der Waals surface area contributed by atoms with Gasteiger partial charge in [0.05, 0.1) is 6.61 Å². The highest BCUT2D eigenvalue weighted by molar-refractivity contribution is 7.99. The van der Waals surface area contributed by atoms with Gasteiger partial charge in [0, 0.05) is 25.0 Å². The summed E-state index contributed by atoms with van der Waals surface area (Å²) in [7, 11) is 1.75. The first-order valence-electron chi connectivity index (χ1n) is 7.31. The number of halogens is 1. The summed E-state index contributed by atoms with van der Waals surface area (Å²) in [5.41, 5.74) is 0.138. The van der Waals surface area contributed by atoms with E-state index in [0.717, 1.165) is 63.4 Å². The fourth-order valence-electron chi connectivity index (χ4n) is 3.01. The third kappa shape index (κ3) is 5.10. The van der Waals surface area contributed by atoms with Crippen LogP contribution in [-0.2, 0) is 9.53 Å². The van der Waals surface area contributed by atoms with Crippen molar-refractivity contribution in [3.63, 3.8) is 0 Å². The van der Waals surface area contributed by atoms with Crippen LogP contribution in [0.25, 0.3) is 0 Å². The van der Waals surface area contributed by atoms with Gasteiger partial charge in [-0.05, 0) is 50.3 Å². The molecule has 0 atom stereocenters. The molecule has 2 rings (SSSR count). The van der Waals surface area contributed by atoms with Crippen LogP contribution in [0.3, 0.4) is 0 Å². The first-order valence-corrected chi connectivity index (χ1v) is 8.46. The maximum Gasteiger partial charge on any atom is 0.223 e. The molecule has 2 N–H and O–H groups in total. The van der Waals surface area contributed by atoms with Crippen LogP contribution in [0.2, 0.25) is 0 Å². The van der Waals surface area contributed by atoms with Crippen molar-refractivity contribution >= 4 is 30.1 Å². The summed E-state index contributed by atoms with van der Waals surface area (Å²) in [4.78, 5) is 12.2. The van der Waals surface area contributed by atoms with Gasteiger partial charge in [-0.2, -0.15) is 11.8 Å². The number of amides is 1. The lowest BCUT2D eigenvalue weighted by Crippen LogP contribution is -2.48. The Morgan fingerprint density at radius 2 is 2.00 bits per heavy atom. The largest absolute Gasteiger partial charge is 0.384 e. The van der Waals surface area contributed by atoms with Crippen molar-refractivity contribution in [2.45, 2.75) is 25.7 Å². The van der Waals surface area contributed by atoms with E-state index in [0.29, 0.717) is 0 Å². The summed E-state index contributed by atoms with van der Waals surface area (Å²) < 4.78 is 5.38. The number of rotatable bonds is 5. The number of methoxy groups -OCH3 is 1. The van der Waals surface area contributed by atoms with Crippen molar-refractivity contribution in [1.29, 1.82) is 0 Å². The van der Waals surface area contributed by atoms with Crippen molar-refractivity contribution in [2.75, 3.05) is 44.9 Å². The highest BCUT2D eigenvalue weighted by atomic mass is 35.5. The molecule has 0 saturated carbocycles. The van der Waals surface area contributed by atoms with Gasteiger partial charge in [-0.3, -0.25) is 4.79 Å². The standard InChI is InChI=1S/C14H26N2O2S.ClH/c1-18-11-14(4-6-15-7-5-14)10-16-13(17)12-2-8-19-9-3-12;/h12,15H,2-11H2,1H3,(H,16,17);1H. The molecular weight excluding hydrogens is 296 g/mol. The second-order valence-electron chi connectivity index (χ2n) is 5.79. The molecule has 1 amide bonds. The number of ether oxygens (including phenoxy) is 1. The second kappa shape index (κ2) is 9.13. The van der Waals surface area contributed by atoms with Gasteiger partial charge in [0.25, 0.3) is 0 Å². The molecule has 4 nitrogen and oxygen atoms in total. The van der Waals surface area contributed by atoms with Crippen LogP contribution in [-0.4, -0.2) is 50.8 Å². The molecule has 20 heavy (non-hydrogen) atoms. The minimum absolute atomic E-state index is 0. The molecule has 118 valence electrons. The molecule has 2 saturated heterocycles. The second-order valence-corrected chi connectivity index (χ2v) is 7.01. The molecular formula is C14H27ClN2O2S. The number of carbonyl (C=O) groups is 1.